The molecule has 0 bridgehead atoms. The summed E-state index contributed by atoms with van der Waals surface area (Å²) >= 11 is 0. The Balaban J connectivity index is 2.23. The van der Waals surface area contributed by atoms with Crippen LogP contribution in [0.4, 0.5) is 5.69 Å². The predicted molar refractivity (Wildman–Crippen MR) is 89.4 cm³/mol. The molecule has 1 aromatic rings. The van der Waals surface area contributed by atoms with E-state index >= 15 is 0 Å². The van der Waals surface area contributed by atoms with Gasteiger partial charge in [-0.25, -0.2) is 13.1 Å². The van der Waals surface area contributed by atoms with Crippen molar-refractivity contribution in [2.75, 3.05) is 33.4 Å². The van der Waals surface area contributed by atoms with E-state index in [9.17, 15) is 18.5 Å². The van der Waals surface area contributed by atoms with Gasteiger partial charge in [0.05, 0.1) is 11.5 Å². The molecule has 0 atom stereocenters. The Morgan fingerprint density at radius 1 is 1.38 bits per heavy atom. The fourth-order valence-electron chi connectivity index (χ4n) is 2.96. The summed E-state index contributed by atoms with van der Waals surface area (Å²) < 4.78 is 33.0. The van der Waals surface area contributed by atoms with Crippen LogP contribution in [0.1, 0.15) is 18.4 Å². The summed E-state index contributed by atoms with van der Waals surface area (Å²) in [5, 5.41) is 14.4. The van der Waals surface area contributed by atoms with Gasteiger partial charge in [-0.05, 0) is 44.5 Å². The zero-order chi connectivity index (χ0) is 17.8. The zero-order valence-electron chi connectivity index (χ0n) is 13.9. The van der Waals surface area contributed by atoms with Crippen molar-refractivity contribution < 1.29 is 18.1 Å². The highest BCUT2D eigenvalue weighted by molar-refractivity contribution is 7.89. The quantitative estimate of drug-likeness (QED) is 0.560. The molecule has 0 radical (unpaired) electrons. The number of sulfonamides is 1. The van der Waals surface area contributed by atoms with Crippen molar-refractivity contribution in [2.24, 2.45) is 5.41 Å². The molecule has 0 amide bonds. The van der Waals surface area contributed by atoms with Crippen molar-refractivity contribution in [2.45, 2.75) is 24.7 Å². The van der Waals surface area contributed by atoms with Crippen LogP contribution < -0.4 is 10.0 Å². The summed E-state index contributed by atoms with van der Waals surface area (Å²) in [5.41, 5.74) is -0.0736. The molecule has 134 valence electrons. The van der Waals surface area contributed by atoms with Gasteiger partial charge in [0.15, 0.2) is 4.90 Å². The highest BCUT2D eigenvalue weighted by Gasteiger charge is 2.35. The second kappa shape index (κ2) is 7.56. The average molecular weight is 357 g/mol. The maximum Gasteiger partial charge on any atom is 0.289 e. The van der Waals surface area contributed by atoms with Crippen molar-refractivity contribution >= 4 is 15.7 Å². The minimum Gasteiger partial charge on any atom is -0.384 e. The lowest BCUT2D eigenvalue weighted by Gasteiger charge is -2.37. The van der Waals surface area contributed by atoms with Crippen molar-refractivity contribution in [3.63, 3.8) is 0 Å². The van der Waals surface area contributed by atoms with Crippen molar-refractivity contribution in [1.82, 2.24) is 10.0 Å². The van der Waals surface area contributed by atoms with E-state index < -0.39 is 20.6 Å². The van der Waals surface area contributed by atoms with E-state index in [-0.39, 0.29) is 16.9 Å². The van der Waals surface area contributed by atoms with Crippen LogP contribution in [0.5, 0.6) is 0 Å². The average Bonchev–Trinajstić information content (AvgIpc) is 2.54. The van der Waals surface area contributed by atoms with E-state index in [1.807, 2.05) is 0 Å². The zero-order valence-corrected chi connectivity index (χ0v) is 14.7. The molecular formula is C15H23N3O5S. The Hall–Kier alpha value is -1.55. The first-order chi connectivity index (χ1) is 11.3. The molecule has 0 spiro atoms. The van der Waals surface area contributed by atoms with Crippen LogP contribution in [0.25, 0.3) is 0 Å². The van der Waals surface area contributed by atoms with E-state index in [4.69, 9.17) is 4.74 Å². The van der Waals surface area contributed by atoms with Gasteiger partial charge < -0.3 is 10.1 Å². The number of aryl methyl sites for hydroxylation is 1. The SMILES string of the molecule is COCC1(CNS(=O)(=O)c2ccc(C)cc2[N+](=O)[O-])CCNCC1. The molecule has 8 nitrogen and oxygen atoms in total. The normalized spacial score (nSPS) is 17.6. The Kier molecular flexibility index (Phi) is 5.92. The van der Waals surface area contributed by atoms with Crippen LogP contribution in [0.3, 0.4) is 0 Å². The van der Waals surface area contributed by atoms with Crippen molar-refractivity contribution in [3.8, 4) is 0 Å². The van der Waals surface area contributed by atoms with E-state index in [0.29, 0.717) is 12.2 Å². The first-order valence-corrected chi connectivity index (χ1v) is 9.22. The lowest BCUT2D eigenvalue weighted by molar-refractivity contribution is -0.387. The molecule has 0 aliphatic carbocycles. The maximum atomic E-state index is 12.6. The largest absolute Gasteiger partial charge is 0.384 e. The van der Waals surface area contributed by atoms with Crippen LogP contribution >= 0.6 is 0 Å². The minimum atomic E-state index is -3.98. The van der Waals surface area contributed by atoms with Gasteiger partial charge in [-0.3, -0.25) is 10.1 Å². The van der Waals surface area contributed by atoms with Crippen LogP contribution in [-0.2, 0) is 14.8 Å². The van der Waals surface area contributed by atoms with Crippen LogP contribution in [-0.4, -0.2) is 46.7 Å². The second-order valence-corrected chi connectivity index (χ2v) is 7.97. The molecule has 1 aliphatic heterocycles. The standard InChI is InChI=1S/C15H23N3O5S/c1-12-3-4-14(13(9-12)18(19)20)24(21,22)17-10-15(11-23-2)5-7-16-8-6-15/h3-4,9,16-17H,5-8,10-11H2,1-2H3. The summed E-state index contributed by atoms with van der Waals surface area (Å²) in [6.45, 7) is 3.88. The summed E-state index contributed by atoms with van der Waals surface area (Å²) in [6, 6.07) is 4.10. The molecule has 24 heavy (non-hydrogen) atoms. The highest BCUT2D eigenvalue weighted by Crippen LogP contribution is 2.30. The van der Waals surface area contributed by atoms with Gasteiger partial charge >= 0.3 is 0 Å². The van der Waals surface area contributed by atoms with Gasteiger partial charge in [-0.1, -0.05) is 6.07 Å². The summed E-state index contributed by atoms with van der Waals surface area (Å²) in [6.07, 6.45) is 1.55. The van der Waals surface area contributed by atoms with Gasteiger partial charge in [-0.15, -0.1) is 0 Å². The molecule has 0 aromatic heterocycles. The molecule has 1 heterocycles. The topological polar surface area (TPSA) is 111 Å². The number of nitro benzene ring substituents is 1. The second-order valence-electron chi connectivity index (χ2n) is 6.24. The van der Waals surface area contributed by atoms with E-state index in [1.165, 1.54) is 12.1 Å². The number of ether oxygens (including phenoxy) is 1. The van der Waals surface area contributed by atoms with Gasteiger partial charge in [0.2, 0.25) is 10.0 Å². The van der Waals surface area contributed by atoms with Gasteiger partial charge in [-0.2, -0.15) is 0 Å². The van der Waals surface area contributed by atoms with E-state index in [1.54, 1.807) is 20.1 Å². The summed E-state index contributed by atoms with van der Waals surface area (Å²) in [7, 11) is -2.39. The highest BCUT2D eigenvalue weighted by atomic mass is 32.2. The van der Waals surface area contributed by atoms with E-state index in [2.05, 4.69) is 10.0 Å². The molecule has 2 rings (SSSR count). The third-order valence-corrected chi connectivity index (χ3v) is 5.80. The molecule has 1 fully saturated rings. The number of hydrogen-bond donors (Lipinski definition) is 2. The molecule has 9 heteroatoms. The number of rotatable bonds is 7. The monoisotopic (exact) mass is 357 g/mol. The third-order valence-electron chi connectivity index (χ3n) is 4.35. The third kappa shape index (κ3) is 4.29. The Morgan fingerprint density at radius 3 is 2.62 bits per heavy atom. The fraction of sp³-hybridized carbons (Fsp3) is 0.600. The first kappa shape index (κ1) is 18.8. The number of nitro groups is 1. The number of nitrogens with one attached hydrogen (secondary N) is 2. The Morgan fingerprint density at radius 2 is 2.04 bits per heavy atom. The van der Waals surface area contributed by atoms with Crippen LogP contribution in [0.2, 0.25) is 0 Å². The maximum absolute atomic E-state index is 12.6. The van der Waals surface area contributed by atoms with Crippen LogP contribution in [0.15, 0.2) is 23.1 Å². The molecule has 1 saturated heterocycles. The first-order valence-electron chi connectivity index (χ1n) is 7.74. The minimum absolute atomic E-state index is 0.190. The smallest absolute Gasteiger partial charge is 0.289 e. The molecule has 1 aliphatic rings. The Labute approximate surface area is 141 Å². The fourth-order valence-corrected chi connectivity index (χ4v) is 4.27. The molecule has 0 unspecified atom stereocenters. The molecule has 0 saturated carbocycles. The number of methoxy groups -OCH3 is 1. The molecule has 1 aromatic carbocycles. The number of hydrogen-bond acceptors (Lipinski definition) is 6. The lowest BCUT2D eigenvalue weighted by atomic mass is 9.80. The van der Waals surface area contributed by atoms with Crippen LogP contribution in [0, 0.1) is 22.5 Å². The summed E-state index contributed by atoms with van der Waals surface area (Å²) in [5.74, 6) is 0. The van der Waals surface area contributed by atoms with Gasteiger partial charge in [0, 0.05) is 25.1 Å². The lowest BCUT2D eigenvalue weighted by Crippen LogP contribution is -2.47. The van der Waals surface area contributed by atoms with E-state index in [0.717, 1.165) is 25.9 Å². The van der Waals surface area contributed by atoms with Crippen molar-refractivity contribution in [3.05, 3.63) is 33.9 Å². The Bertz CT molecular complexity index is 694. The van der Waals surface area contributed by atoms with Gasteiger partial charge in [0.1, 0.15) is 0 Å². The predicted octanol–water partition coefficient (Wildman–Crippen LogP) is 1.20. The summed E-state index contributed by atoms with van der Waals surface area (Å²) in [4.78, 5) is 10.2. The van der Waals surface area contributed by atoms with Crippen molar-refractivity contribution in [1.29, 1.82) is 0 Å². The van der Waals surface area contributed by atoms with Gasteiger partial charge in [0.25, 0.3) is 5.69 Å². The number of piperidine rings is 1. The number of benzene rings is 1. The number of nitrogens with zero attached hydrogens (tertiary/aromatic N) is 1. The molecule has 2 N–H and O–H groups in total. The molecular weight excluding hydrogens is 334 g/mol.